The van der Waals surface area contributed by atoms with Gasteiger partial charge in [-0.15, -0.1) is 0 Å². The van der Waals surface area contributed by atoms with Crippen molar-refractivity contribution in [2.75, 3.05) is 11.5 Å². The smallest absolute Gasteiger partial charge is 0.408 e. The molecule has 0 radical (unpaired) electrons. The van der Waals surface area contributed by atoms with E-state index in [0.29, 0.717) is 11.1 Å². The summed E-state index contributed by atoms with van der Waals surface area (Å²) >= 11 is 0. The summed E-state index contributed by atoms with van der Waals surface area (Å²) in [5.74, 6) is -8.87. The molecule has 1 aliphatic heterocycles. The van der Waals surface area contributed by atoms with Crippen LogP contribution >= 0.6 is 21.6 Å². The summed E-state index contributed by atoms with van der Waals surface area (Å²) in [5.41, 5.74) is 10.8. The van der Waals surface area contributed by atoms with Crippen LogP contribution in [0.2, 0.25) is 0 Å². The second kappa shape index (κ2) is 22.9. The van der Waals surface area contributed by atoms with E-state index < -0.39 is 115 Å². The van der Waals surface area contributed by atoms with Crippen molar-refractivity contribution in [1.29, 1.82) is 0 Å². The van der Waals surface area contributed by atoms with E-state index in [0.717, 1.165) is 21.6 Å². The molecule has 326 valence electrons. The van der Waals surface area contributed by atoms with Crippen LogP contribution in [0, 0.1) is 0 Å². The molecule has 0 bridgehead atoms. The van der Waals surface area contributed by atoms with Crippen LogP contribution in [0.4, 0.5) is 4.79 Å². The standard InChI is InChI=1S/C38H50N8O12S2/c1-38(2,3)58-37(57)46-27-18-59-60-19-28(36(55)56)45-34(53)26(17-30(40)49)44-31(50)23(13-14-29(39)48)41-32(51)24(15-20-7-5-4-6-8-20)42-33(52)25(43-35(27)54)16-21-9-11-22(47)12-10-21/h4-12,23-28,47H,13-19H2,1-3H3,(H2,39,48)(H2,40,49)(H,41,51)(H,42,52)(H,43,54)(H,44,50)(H,45,53)(H,46,57)(H,55,56)/t23?,24-,25?,26-,27?,28?/m0/s1. The summed E-state index contributed by atoms with van der Waals surface area (Å²) in [6.07, 6.45) is -2.93. The Morgan fingerprint density at radius 3 is 1.75 bits per heavy atom. The fourth-order valence-electron chi connectivity index (χ4n) is 5.50. The third-order valence-electron chi connectivity index (χ3n) is 8.45. The number of benzene rings is 2. The molecule has 0 saturated carbocycles. The van der Waals surface area contributed by atoms with Crippen molar-refractivity contribution in [3.05, 3.63) is 65.7 Å². The molecule has 3 rings (SSSR count). The van der Waals surface area contributed by atoms with E-state index in [2.05, 4.69) is 31.9 Å². The molecule has 1 aliphatic rings. The lowest BCUT2D eigenvalue weighted by molar-refractivity contribution is -0.141. The number of ether oxygens (including phenoxy) is 1. The van der Waals surface area contributed by atoms with Crippen molar-refractivity contribution >= 4 is 75.0 Å². The van der Waals surface area contributed by atoms with Gasteiger partial charge in [-0.05, 0) is 50.5 Å². The Morgan fingerprint density at radius 1 is 0.700 bits per heavy atom. The van der Waals surface area contributed by atoms with E-state index in [1.807, 2.05) is 0 Å². The number of aromatic hydroxyl groups is 1. The van der Waals surface area contributed by atoms with E-state index in [-0.39, 0.29) is 30.1 Å². The molecule has 4 unspecified atom stereocenters. The third kappa shape index (κ3) is 17.1. The number of rotatable bonds is 11. The Balaban J connectivity index is 2.14. The van der Waals surface area contributed by atoms with Gasteiger partial charge in [0.05, 0.1) is 6.42 Å². The predicted octanol–water partition coefficient (Wildman–Crippen LogP) is -0.885. The summed E-state index contributed by atoms with van der Waals surface area (Å²) < 4.78 is 5.35. The summed E-state index contributed by atoms with van der Waals surface area (Å²) in [5, 5.41) is 34.6. The molecule has 6 atom stereocenters. The average Bonchev–Trinajstić information content (AvgIpc) is 3.15. The van der Waals surface area contributed by atoms with Gasteiger partial charge in [-0.2, -0.15) is 0 Å². The SMILES string of the molecule is CC(C)(C)OC(=O)NC1CSSCC(C(=O)O)NC(=O)[C@H](CC(N)=O)NC(=O)C(CCC(N)=O)NC(=O)[C@H](Cc2ccccc2)NC(=O)C(Cc2ccc(O)cc2)NC1=O. The van der Waals surface area contributed by atoms with Gasteiger partial charge in [-0.25, -0.2) is 9.59 Å². The highest BCUT2D eigenvalue weighted by molar-refractivity contribution is 8.76. The zero-order valence-corrected chi connectivity index (χ0v) is 34.7. The first kappa shape index (κ1) is 48.3. The lowest BCUT2D eigenvalue weighted by Crippen LogP contribution is -2.60. The van der Waals surface area contributed by atoms with Crippen molar-refractivity contribution < 1.29 is 58.1 Å². The molecule has 60 heavy (non-hydrogen) atoms. The molecule has 0 spiro atoms. The zero-order chi connectivity index (χ0) is 44.6. The second-order valence-electron chi connectivity index (χ2n) is 14.6. The lowest BCUT2D eigenvalue weighted by atomic mass is 10.0. The molecule has 1 heterocycles. The fourth-order valence-corrected chi connectivity index (χ4v) is 7.82. The van der Waals surface area contributed by atoms with Crippen LogP contribution in [-0.4, -0.2) is 117 Å². The van der Waals surface area contributed by atoms with E-state index >= 15 is 0 Å². The maximum atomic E-state index is 14.3. The minimum absolute atomic E-state index is 0.0697. The van der Waals surface area contributed by atoms with Crippen LogP contribution in [0.25, 0.3) is 0 Å². The second-order valence-corrected chi connectivity index (χ2v) is 17.2. The molecular weight excluding hydrogens is 825 g/mol. The van der Waals surface area contributed by atoms with Gasteiger partial charge in [-0.1, -0.05) is 64.1 Å². The number of alkyl carbamates (subject to hydrolysis) is 1. The molecule has 2 aromatic carbocycles. The van der Waals surface area contributed by atoms with E-state index in [1.165, 1.54) is 24.3 Å². The molecule has 0 aliphatic carbocycles. The van der Waals surface area contributed by atoms with Gasteiger partial charge < -0.3 is 58.3 Å². The number of carboxylic acid groups (broad SMARTS) is 1. The number of hydrogen-bond donors (Lipinski definition) is 10. The molecular formula is C38H50N8O12S2. The van der Waals surface area contributed by atoms with Crippen molar-refractivity contribution in [3.63, 3.8) is 0 Å². The number of amides is 8. The minimum Gasteiger partial charge on any atom is -0.508 e. The van der Waals surface area contributed by atoms with Crippen LogP contribution in [0.5, 0.6) is 5.75 Å². The summed E-state index contributed by atoms with van der Waals surface area (Å²) in [6.45, 7) is 4.81. The fraction of sp³-hybridized carbons (Fsp3) is 0.447. The van der Waals surface area contributed by atoms with Crippen LogP contribution in [0.3, 0.4) is 0 Å². The molecule has 1 saturated heterocycles. The van der Waals surface area contributed by atoms with Gasteiger partial charge in [0.15, 0.2) is 0 Å². The highest BCUT2D eigenvalue weighted by atomic mass is 33.1. The van der Waals surface area contributed by atoms with Crippen LogP contribution < -0.4 is 43.4 Å². The summed E-state index contributed by atoms with van der Waals surface area (Å²) in [4.78, 5) is 118. The van der Waals surface area contributed by atoms with Crippen molar-refractivity contribution in [2.24, 2.45) is 11.5 Å². The van der Waals surface area contributed by atoms with Crippen molar-refractivity contribution in [1.82, 2.24) is 31.9 Å². The van der Waals surface area contributed by atoms with Gasteiger partial charge >= 0.3 is 12.1 Å². The first-order valence-electron chi connectivity index (χ1n) is 18.6. The molecule has 22 heteroatoms. The normalized spacial score (nSPS) is 22.7. The Hall–Kier alpha value is -6.03. The quantitative estimate of drug-likeness (QED) is 0.123. The molecule has 8 amide bonds. The first-order valence-corrected chi connectivity index (χ1v) is 21.1. The van der Waals surface area contributed by atoms with Gasteiger partial charge in [0.2, 0.25) is 41.4 Å². The highest BCUT2D eigenvalue weighted by Gasteiger charge is 2.35. The number of aliphatic carboxylic acids is 1. The zero-order valence-electron chi connectivity index (χ0n) is 33.1. The van der Waals surface area contributed by atoms with E-state index in [1.54, 1.807) is 51.1 Å². The minimum atomic E-state index is -1.74. The van der Waals surface area contributed by atoms with Gasteiger partial charge in [0.25, 0.3) is 0 Å². The summed E-state index contributed by atoms with van der Waals surface area (Å²) in [7, 11) is 1.83. The van der Waals surface area contributed by atoms with Gasteiger partial charge in [0, 0.05) is 30.8 Å². The highest BCUT2D eigenvalue weighted by Crippen LogP contribution is 2.24. The summed E-state index contributed by atoms with van der Waals surface area (Å²) in [6, 6.07) is 4.98. The Kier molecular flexibility index (Phi) is 18.5. The van der Waals surface area contributed by atoms with Crippen LogP contribution in [0.15, 0.2) is 54.6 Å². The van der Waals surface area contributed by atoms with Crippen molar-refractivity contribution in [3.8, 4) is 5.75 Å². The number of nitrogens with one attached hydrogen (secondary N) is 6. The molecule has 20 nitrogen and oxygen atoms in total. The van der Waals surface area contributed by atoms with Gasteiger partial charge in [-0.3, -0.25) is 33.6 Å². The number of hydrogen-bond acceptors (Lipinski definition) is 13. The van der Waals surface area contributed by atoms with E-state index in [9.17, 15) is 53.4 Å². The largest absolute Gasteiger partial charge is 0.508 e. The molecule has 1 fully saturated rings. The topological polar surface area (TPSA) is 328 Å². The van der Waals surface area contributed by atoms with Gasteiger partial charge in [0.1, 0.15) is 47.6 Å². The number of nitrogens with two attached hydrogens (primary N) is 2. The number of carbonyl (C=O) groups is 9. The predicted molar refractivity (Wildman–Crippen MR) is 220 cm³/mol. The van der Waals surface area contributed by atoms with Crippen LogP contribution in [0.1, 0.15) is 51.2 Å². The Morgan fingerprint density at radius 2 is 1.20 bits per heavy atom. The Labute approximate surface area is 353 Å². The number of carboxylic acids is 1. The molecule has 2 aromatic rings. The average molecular weight is 875 g/mol. The Bertz CT molecular complexity index is 1880. The maximum Gasteiger partial charge on any atom is 0.408 e. The third-order valence-corrected chi connectivity index (χ3v) is 10.9. The molecule has 0 aromatic heterocycles. The first-order chi connectivity index (χ1) is 28.2. The lowest BCUT2D eigenvalue weighted by Gasteiger charge is -2.28. The van der Waals surface area contributed by atoms with Crippen LogP contribution in [-0.2, 0) is 55.9 Å². The monoisotopic (exact) mass is 874 g/mol. The van der Waals surface area contributed by atoms with Crippen molar-refractivity contribution in [2.45, 2.75) is 94.7 Å². The number of phenols is 1. The number of primary amides is 2. The van der Waals surface area contributed by atoms with E-state index in [4.69, 9.17) is 16.2 Å². The number of carbonyl (C=O) groups excluding carboxylic acids is 8. The maximum absolute atomic E-state index is 14.3. The number of phenolic OH excluding ortho intramolecular Hbond substituents is 1. The molecule has 12 N–H and O–H groups in total.